The van der Waals surface area contributed by atoms with Gasteiger partial charge in [-0.2, -0.15) is 0 Å². The highest BCUT2D eigenvalue weighted by atomic mass is 16.5. The molecule has 1 aromatic carbocycles. The fourth-order valence-electron chi connectivity index (χ4n) is 1.37. The van der Waals surface area contributed by atoms with Gasteiger partial charge in [0.15, 0.2) is 6.04 Å². The molecule has 0 aliphatic carbocycles. The molecule has 0 aliphatic heterocycles. The molecule has 1 aromatic rings. The van der Waals surface area contributed by atoms with E-state index in [9.17, 15) is 9.59 Å². The van der Waals surface area contributed by atoms with Crippen LogP contribution in [0.4, 0.5) is 0 Å². The van der Waals surface area contributed by atoms with Crippen LogP contribution in [0.25, 0.3) is 0 Å². The van der Waals surface area contributed by atoms with Gasteiger partial charge < -0.3 is 15.2 Å². The fraction of sp³-hybridized carbons (Fsp3) is 0.429. The minimum absolute atomic E-state index is 0.241. The molecule has 5 nitrogen and oxygen atoms in total. The van der Waals surface area contributed by atoms with Crippen LogP contribution in [0.15, 0.2) is 30.3 Å². The van der Waals surface area contributed by atoms with Gasteiger partial charge in [-0.15, -0.1) is 0 Å². The second-order valence-electron chi connectivity index (χ2n) is 4.23. The lowest BCUT2D eigenvalue weighted by molar-refractivity contribution is -0.151. The van der Waals surface area contributed by atoms with Gasteiger partial charge in [0.2, 0.25) is 0 Å². The van der Waals surface area contributed by atoms with Gasteiger partial charge in [-0.3, -0.25) is 4.79 Å². The van der Waals surface area contributed by atoms with Crippen LogP contribution in [0, 0.1) is 0 Å². The van der Waals surface area contributed by atoms with Crippen molar-refractivity contribution >= 4 is 11.9 Å². The second-order valence-corrected chi connectivity index (χ2v) is 4.23. The Morgan fingerprint density at radius 2 is 1.95 bits per heavy atom. The summed E-state index contributed by atoms with van der Waals surface area (Å²) in [5.41, 5.74) is 0.428. The van der Waals surface area contributed by atoms with E-state index < -0.39 is 24.5 Å². The Labute approximate surface area is 112 Å². The van der Waals surface area contributed by atoms with Crippen LogP contribution >= 0.6 is 0 Å². The fourth-order valence-corrected chi connectivity index (χ4v) is 1.37. The molecule has 5 heteroatoms. The average molecular weight is 265 g/mol. The molecule has 0 saturated heterocycles. The molecular weight excluding hydrogens is 246 g/mol. The number of esters is 1. The van der Waals surface area contributed by atoms with Gasteiger partial charge in [0.1, 0.15) is 0 Å². The van der Waals surface area contributed by atoms with Crippen LogP contribution in [0.3, 0.4) is 0 Å². The molecule has 0 radical (unpaired) electrons. The molecule has 0 aliphatic rings. The van der Waals surface area contributed by atoms with Crippen molar-refractivity contribution in [3.8, 4) is 0 Å². The number of nitrogens with one attached hydrogen (secondary N) is 1. The minimum Gasteiger partial charge on any atom is -0.461 e. The lowest BCUT2D eigenvalue weighted by Crippen LogP contribution is -2.45. The van der Waals surface area contributed by atoms with Crippen LogP contribution in [0.5, 0.6) is 0 Å². The van der Waals surface area contributed by atoms with Crippen LogP contribution in [-0.4, -0.2) is 35.7 Å². The van der Waals surface area contributed by atoms with Crippen molar-refractivity contribution in [1.82, 2.24) is 5.32 Å². The molecule has 0 bridgehead atoms. The first-order valence-corrected chi connectivity index (χ1v) is 6.25. The Morgan fingerprint density at radius 1 is 1.32 bits per heavy atom. The lowest BCUT2D eigenvalue weighted by Gasteiger charge is -2.18. The third kappa shape index (κ3) is 4.71. The van der Waals surface area contributed by atoms with E-state index in [4.69, 9.17) is 9.84 Å². The lowest BCUT2D eigenvalue weighted by atomic mass is 10.2. The van der Waals surface area contributed by atoms with Gasteiger partial charge in [-0.1, -0.05) is 25.1 Å². The summed E-state index contributed by atoms with van der Waals surface area (Å²) in [6, 6.07) is 7.45. The number of hydrogen-bond acceptors (Lipinski definition) is 4. The number of benzene rings is 1. The highest BCUT2D eigenvalue weighted by Crippen LogP contribution is 2.02. The molecule has 0 saturated carbocycles. The van der Waals surface area contributed by atoms with Gasteiger partial charge in [0, 0.05) is 5.56 Å². The van der Waals surface area contributed by atoms with Gasteiger partial charge in [-0.05, 0) is 25.5 Å². The standard InChI is InChI=1S/C14H19NO4/c1-3-10(2)19-14(18)12(9-16)15-13(17)11-7-5-4-6-8-11/h4-8,10,12,16H,3,9H2,1-2H3,(H,15,17)/t10?,12-/m1/s1. The number of aliphatic hydroxyl groups is 1. The van der Waals surface area contributed by atoms with Crippen molar-refractivity contribution in [2.24, 2.45) is 0 Å². The number of ether oxygens (including phenoxy) is 1. The van der Waals surface area contributed by atoms with Crippen LogP contribution in [-0.2, 0) is 9.53 Å². The van der Waals surface area contributed by atoms with E-state index in [-0.39, 0.29) is 6.10 Å². The number of aliphatic hydroxyl groups excluding tert-OH is 1. The first-order chi connectivity index (χ1) is 9.08. The van der Waals surface area contributed by atoms with E-state index in [0.717, 1.165) is 0 Å². The zero-order valence-corrected chi connectivity index (χ0v) is 11.1. The Balaban J connectivity index is 2.62. The predicted octanol–water partition coefficient (Wildman–Crippen LogP) is 1.12. The Hall–Kier alpha value is -1.88. The quantitative estimate of drug-likeness (QED) is 0.756. The Kier molecular flexibility index (Phi) is 6.02. The second kappa shape index (κ2) is 7.53. The maximum Gasteiger partial charge on any atom is 0.331 e. The molecule has 0 aromatic heterocycles. The average Bonchev–Trinajstić information content (AvgIpc) is 2.44. The van der Waals surface area contributed by atoms with Crippen molar-refractivity contribution in [1.29, 1.82) is 0 Å². The first-order valence-electron chi connectivity index (χ1n) is 6.25. The van der Waals surface area contributed by atoms with Crippen molar-refractivity contribution in [2.45, 2.75) is 32.4 Å². The molecule has 104 valence electrons. The zero-order chi connectivity index (χ0) is 14.3. The number of rotatable bonds is 6. The number of hydrogen-bond donors (Lipinski definition) is 2. The molecule has 1 amide bonds. The van der Waals surface area contributed by atoms with E-state index >= 15 is 0 Å². The van der Waals surface area contributed by atoms with Crippen LogP contribution in [0.1, 0.15) is 30.6 Å². The van der Waals surface area contributed by atoms with E-state index in [0.29, 0.717) is 12.0 Å². The van der Waals surface area contributed by atoms with Crippen LogP contribution in [0.2, 0.25) is 0 Å². The molecule has 2 atom stereocenters. The molecule has 0 heterocycles. The molecular formula is C14H19NO4. The first kappa shape index (κ1) is 15.2. The minimum atomic E-state index is -1.04. The third-order valence-corrected chi connectivity index (χ3v) is 2.70. The maximum absolute atomic E-state index is 11.8. The molecule has 19 heavy (non-hydrogen) atoms. The maximum atomic E-state index is 11.8. The molecule has 2 N–H and O–H groups in total. The van der Waals surface area contributed by atoms with E-state index in [1.54, 1.807) is 37.3 Å². The summed E-state index contributed by atoms with van der Waals surface area (Å²) in [4.78, 5) is 23.6. The Morgan fingerprint density at radius 3 is 2.47 bits per heavy atom. The van der Waals surface area contributed by atoms with Crippen molar-refractivity contribution in [2.75, 3.05) is 6.61 Å². The van der Waals surface area contributed by atoms with Gasteiger partial charge in [-0.25, -0.2) is 4.79 Å². The molecule has 1 rings (SSSR count). The summed E-state index contributed by atoms with van der Waals surface area (Å²) in [6.45, 7) is 3.15. The summed E-state index contributed by atoms with van der Waals surface area (Å²) >= 11 is 0. The number of carbonyl (C=O) groups excluding carboxylic acids is 2. The number of amides is 1. The highest BCUT2D eigenvalue weighted by Gasteiger charge is 2.23. The molecule has 1 unspecified atom stereocenters. The summed E-state index contributed by atoms with van der Waals surface area (Å²) in [7, 11) is 0. The topological polar surface area (TPSA) is 75.6 Å². The largest absolute Gasteiger partial charge is 0.461 e. The summed E-state index contributed by atoms with van der Waals surface area (Å²) in [5, 5.41) is 11.6. The molecule has 0 fully saturated rings. The van der Waals surface area contributed by atoms with Gasteiger partial charge >= 0.3 is 5.97 Å². The van der Waals surface area contributed by atoms with Gasteiger partial charge in [0.05, 0.1) is 12.7 Å². The third-order valence-electron chi connectivity index (χ3n) is 2.70. The highest BCUT2D eigenvalue weighted by molar-refractivity contribution is 5.96. The van der Waals surface area contributed by atoms with Gasteiger partial charge in [0.25, 0.3) is 5.91 Å². The van der Waals surface area contributed by atoms with Crippen LogP contribution < -0.4 is 5.32 Å². The van der Waals surface area contributed by atoms with Crippen molar-refractivity contribution in [3.63, 3.8) is 0 Å². The predicted molar refractivity (Wildman–Crippen MR) is 70.6 cm³/mol. The van der Waals surface area contributed by atoms with Crippen molar-refractivity contribution in [3.05, 3.63) is 35.9 Å². The summed E-state index contributed by atoms with van der Waals surface area (Å²) in [6.07, 6.45) is 0.437. The van der Waals surface area contributed by atoms with E-state index in [2.05, 4.69) is 5.32 Å². The summed E-state index contributed by atoms with van der Waals surface area (Å²) in [5.74, 6) is -1.04. The normalized spacial score (nSPS) is 13.4. The number of carbonyl (C=O) groups is 2. The van der Waals surface area contributed by atoms with E-state index in [1.165, 1.54) is 0 Å². The molecule has 0 spiro atoms. The monoisotopic (exact) mass is 265 g/mol. The Bertz CT molecular complexity index is 419. The van der Waals surface area contributed by atoms with E-state index in [1.807, 2.05) is 6.92 Å². The zero-order valence-electron chi connectivity index (χ0n) is 11.1. The SMILES string of the molecule is CCC(C)OC(=O)[C@@H](CO)NC(=O)c1ccccc1. The summed E-state index contributed by atoms with van der Waals surface area (Å²) < 4.78 is 5.08. The smallest absolute Gasteiger partial charge is 0.331 e. The van der Waals surface area contributed by atoms with Crippen molar-refractivity contribution < 1.29 is 19.4 Å².